The summed E-state index contributed by atoms with van der Waals surface area (Å²) >= 11 is 1.71. The van der Waals surface area contributed by atoms with Gasteiger partial charge in [0.1, 0.15) is 0 Å². The maximum absolute atomic E-state index is 12.4. The molecular formula is C19H23NO3S. The van der Waals surface area contributed by atoms with Crippen LogP contribution in [0.5, 0.6) is 11.5 Å². The number of methoxy groups -OCH3 is 2. The number of carbonyl (C=O) groups excluding carboxylic acids is 1. The van der Waals surface area contributed by atoms with Crippen molar-refractivity contribution < 1.29 is 14.3 Å². The molecule has 0 aliphatic carbocycles. The van der Waals surface area contributed by atoms with E-state index in [1.54, 1.807) is 30.9 Å². The average Bonchev–Trinajstić information content (AvgIpc) is 2.62. The van der Waals surface area contributed by atoms with Gasteiger partial charge in [-0.25, -0.2) is 0 Å². The maximum atomic E-state index is 12.4. The van der Waals surface area contributed by atoms with Gasteiger partial charge in [0.2, 0.25) is 5.91 Å². The molecular weight excluding hydrogens is 322 g/mol. The Morgan fingerprint density at radius 3 is 2.21 bits per heavy atom. The summed E-state index contributed by atoms with van der Waals surface area (Å²) in [5, 5.41) is 0. The SMILES string of the molecule is COc1ccc(CC(=O)N(C)Cc2ccc(SC)cc2)cc1OC. The van der Waals surface area contributed by atoms with Crippen LogP contribution in [0.25, 0.3) is 0 Å². The second kappa shape index (κ2) is 8.64. The molecule has 128 valence electrons. The first kappa shape index (κ1) is 18.2. The van der Waals surface area contributed by atoms with E-state index in [1.165, 1.54) is 4.90 Å². The van der Waals surface area contributed by atoms with Crippen LogP contribution in [-0.4, -0.2) is 38.3 Å². The van der Waals surface area contributed by atoms with Gasteiger partial charge in [-0.2, -0.15) is 0 Å². The molecule has 4 nitrogen and oxygen atoms in total. The molecule has 2 rings (SSSR count). The van der Waals surface area contributed by atoms with E-state index in [9.17, 15) is 4.79 Å². The average molecular weight is 345 g/mol. The predicted octanol–water partition coefficient (Wildman–Crippen LogP) is 3.63. The van der Waals surface area contributed by atoms with Crippen LogP contribution in [0.4, 0.5) is 0 Å². The topological polar surface area (TPSA) is 38.8 Å². The van der Waals surface area contributed by atoms with E-state index in [-0.39, 0.29) is 5.91 Å². The van der Waals surface area contributed by atoms with E-state index >= 15 is 0 Å². The largest absolute Gasteiger partial charge is 0.493 e. The van der Waals surface area contributed by atoms with Crippen molar-refractivity contribution in [2.75, 3.05) is 27.5 Å². The van der Waals surface area contributed by atoms with Gasteiger partial charge in [0.15, 0.2) is 11.5 Å². The standard InChI is InChI=1S/C19H23NO3S/c1-20(13-14-5-8-16(24-4)9-6-14)19(21)12-15-7-10-17(22-2)18(11-15)23-3/h5-11H,12-13H2,1-4H3. The minimum Gasteiger partial charge on any atom is -0.493 e. The molecule has 2 aromatic carbocycles. The van der Waals surface area contributed by atoms with Gasteiger partial charge in [-0.05, 0) is 41.6 Å². The monoisotopic (exact) mass is 345 g/mol. The molecule has 1 amide bonds. The summed E-state index contributed by atoms with van der Waals surface area (Å²) in [6.45, 7) is 0.598. The highest BCUT2D eigenvalue weighted by Crippen LogP contribution is 2.27. The van der Waals surface area contributed by atoms with Crippen molar-refractivity contribution in [2.24, 2.45) is 0 Å². The maximum Gasteiger partial charge on any atom is 0.227 e. The Kier molecular flexibility index (Phi) is 6.55. The summed E-state index contributed by atoms with van der Waals surface area (Å²) in [4.78, 5) is 15.4. The Hall–Kier alpha value is -2.14. The molecule has 0 aliphatic heterocycles. The molecule has 0 unspecified atom stereocenters. The highest BCUT2D eigenvalue weighted by molar-refractivity contribution is 7.98. The minimum atomic E-state index is 0.0659. The number of benzene rings is 2. The van der Waals surface area contributed by atoms with Gasteiger partial charge in [0.25, 0.3) is 0 Å². The molecule has 0 aromatic heterocycles. The number of carbonyl (C=O) groups is 1. The van der Waals surface area contributed by atoms with E-state index < -0.39 is 0 Å². The quantitative estimate of drug-likeness (QED) is 0.719. The van der Waals surface area contributed by atoms with E-state index in [1.807, 2.05) is 31.5 Å². The van der Waals surface area contributed by atoms with Crippen LogP contribution in [0.15, 0.2) is 47.4 Å². The molecule has 0 spiro atoms. The Morgan fingerprint density at radius 1 is 1.00 bits per heavy atom. The molecule has 0 bridgehead atoms. The van der Waals surface area contributed by atoms with Crippen molar-refractivity contribution in [3.63, 3.8) is 0 Å². The lowest BCUT2D eigenvalue weighted by atomic mass is 10.1. The van der Waals surface area contributed by atoms with Gasteiger partial charge < -0.3 is 14.4 Å². The van der Waals surface area contributed by atoms with Crippen LogP contribution < -0.4 is 9.47 Å². The summed E-state index contributed by atoms with van der Waals surface area (Å²) in [5.41, 5.74) is 2.03. The Balaban J connectivity index is 2.00. The van der Waals surface area contributed by atoms with Crippen molar-refractivity contribution >= 4 is 17.7 Å². The van der Waals surface area contributed by atoms with Crippen molar-refractivity contribution in [3.8, 4) is 11.5 Å². The summed E-state index contributed by atoms with van der Waals surface area (Å²) in [7, 11) is 5.01. The molecule has 0 aliphatic rings. The molecule has 0 heterocycles. The predicted molar refractivity (Wildman–Crippen MR) is 97.9 cm³/mol. The zero-order chi connectivity index (χ0) is 17.5. The molecule has 5 heteroatoms. The third-order valence-electron chi connectivity index (χ3n) is 3.81. The Bertz CT molecular complexity index is 686. The number of amides is 1. The normalized spacial score (nSPS) is 10.3. The van der Waals surface area contributed by atoms with Crippen LogP contribution >= 0.6 is 11.8 Å². The third kappa shape index (κ3) is 4.68. The van der Waals surface area contributed by atoms with Crippen LogP contribution in [0, 0.1) is 0 Å². The van der Waals surface area contributed by atoms with Crippen LogP contribution in [0.3, 0.4) is 0 Å². The minimum absolute atomic E-state index is 0.0659. The van der Waals surface area contributed by atoms with Crippen molar-refractivity contribution in [1.29, 1.82) is 0 Å². The lowest BCUT2D eigenvalue weighted by molar-refractivity contribution is -0.129. The van der Waals surface area contributed by atoms with Crippen LogP contribution in [-0.2, 0) is 17.8 Å². The van der Waals surface area contributed by atoms with Crippen molar-refractivity contribution in [3.05, 3.63) is 53.6 Å². The fourth-order valence-electron chi connectivity index (χ4n) is 2.39. The van der Waals surface area contributed by atoms with Gasteiger partial charge in [0.05, 0.1) is 20.6 Å². The van der Waals surface area contributed by atoms with Gasteiger partial charge >= 0.3 is 0 Å². The molecule has 2 aromatic rings. The van der Waals surface area contributed by atoms with Gasteiger partial charge in [-0.1, -0.05) is 18.2 Å². The Labute approximate surface area is 147 Å². The Morgan fingerprint density at radius 2 is 1.62 bits per heavy atom. The number of rotatable bonds is 7. The summed E-state index contributed by atoms with van der Waals surface area (Å²) in [6.07, 6.45) is 2.38. The molecule has 0 fully saturated rings. The fraction of sp³-hybridized carbons (Fsp3) is 0.316. The summed E-state index contributed by atoms with van der Waals surface area (Å²) in [6, 6.07) is 13.8. The van der Waals surface area contributed by atoms with E-state index in [0.717, 1.165) is 11.1 Å². The molecule has 0 N–H and O–H groups in total. The van der Waals surface area contributed by atoms with E-state index in [0.29, 0.717) is 24.5 Å². The highest BCUT2D eigenvalue weighted by atomic mass is 32.2. The van der Waals surface area contributed by atoms with E-state index in [2.05, 4.69) is 24.3 Å². The first-order valence-corrected chi connectivity index (χ1v) is 8.87. The van der Waals surface area contributed by atoms with Crippen molar-refractivity contribution in [2.45, 2.75) is 17.9 Å². The molecule has 24 heavy (non-hydrogen) atoms. The lowest BCUT2D eigenvalue weighted by Crippen LogP contribution is -2.27. The summed E-state index contributed by atoms with van der Waals surface area (Å²) in [5.74, 6) is 1.37. The number of hydrogen-bond acceptors (Lipinski definition) is 4. The van der Waals surface area contributed by atoms with Gasteiger partial charge in [-0.15, -0.1) is 11.8 Å². The first-order valence-electron chi connectivity index (χ1n) is 7.65. The molecule has 0 radical (unpaired) electrons. The number of nitrogens with zero attached hydrogens (tertiary/aromatic N) is 1. The summed E-state index contributed by atoms with van der Waals surface area (Å²) < 4.78 is 10.5. The van der Waals surface area contributed by atoms with Crippen molar-refractivity contribution in [1.82, 2.24) is 4.90 Å². The van der Waals surface area contributed by atoms with Crippen LogP contribution in [0.1, 0.15) is 11.1 Å². The fourth-order valence-corrected chi connectivity index (χ4v) is 2.80. The lowest BCUT2D eigenvalue weighted by Gasteiger charge is -2.18. The molecule has 0 atom stereocenters. The second-order valence-electron chi connectivity index (χ2n) is 5.46. The molecule has 0 saturated carbocycles. The number of thioether (sulfide) groups is 1. The number of ether oxygens (including phenoxy) is 2. The van der Waals surface area contributed by atoms with Crippen LogP contribution in [0.2, 0.25) is 0 Å². The zero-order valence-corrected chi connectivity index (χ0v) is 15.4. The van der Waals surface area contributed by atoms with Gasteiger partial charge in [-0.3, -0.25) is 4.79 Å². The number of hydrogen-bond donors (Lipinski definition) is 0. The highest BCUT2D eigenvalue weighted by Gasteiger charge is 2.12. The second-order valence-corrected chi connectivity index (χ2v) is 6.34. The smallest absolute Gasteiger partial charge is 0.227 e. The van der Waals surface area contributed by atoms with E-state index in [4.69, 9.17) is 9.47 Å². The van der Waals surface area contributed by atoms with Gasteiger partial charge in [0, 0.05) is 18.5 Å². The zero-order valence-electron chi connectivity index (χ0n) is 14.5. The first-order chi connectivity index (χ1) is 11.6. The number of likely N-dealkylation sites (N-methyl/N-ethyl adjacent to an activating group) is 1. The third-order valence-corrected chi connectivity index (χ3v) is 4.55. The molecule has 0 saturated heterocycles.